The Morgan fingerprint density at radius 1 is 1.27 bits per heavy atom. The highest BCUT2D eigenvalue weighted by Crippen LogP contribution is 2.30. The van der Waals surface area contributed by atoms with Crippen molar-refractivity contribution in [3.05, 3.63) is 23.0 Å². The fourth-order valence-corrected chi connectivity index (χ4v) is 1.38. The van der Waals surface area contributed by atoms with Gasteiger partial charge in [0.15, 0.2) is 10.9 Å². The van der Waals surface area contributed by atoms with E-state index in [0.717, 1.165) is 5.76 Å². The van der Waals surface area contributed by atoms with Crippen LogP contribution in [0.3, 0.4) is 0 Å². The molecule has 2 aromatic heterocycles. The average Bonchev–Trinajstić information content (AvgIpc) is 2.58. The van der Waals surface area contributed by atoms with Crippen molar-refractivity contribution in [3.63, 3.8) is 0 Å². The van der Waals surface area contributed by atoms with Crippen LogP contribution in [0.15, 0.2) is 16.5 Å². The van der Waals surface area contributed by atoms with Gasteiger partial charge in [-0.25, -0.2) is 4.98 Å². The lowest BCUT2D eigenvalue weighted by Crippen LogP contribution is -2.01. The van der Waals surface area contributed by atoms with E-state index in [2.05, 4.69) is 9.97 Å². The molecule has 0 amide bonds. The molecule has 0 bridgehead atoms. The van der Waals surface area contributed by atoms with Crippen molar-refractivity contribution in [3.8, 4) is 11.5 Å². The van der Waals surface area contributed by atoms with Gasteiger partial charge in [-0.1, -0.05) is 11.6 Å². The monoisotopic (exact) mass is 224 g/mol. The van der Waals surface area contributed by atoms with Crippen molar-refractivity contribution in [1.82, 2.24) is 9.97 Å². The van der Waals surface area contributed by atoms with Crippen molar-refractivity contribution in [2.24, 2.45) is 0 Å². The number of anilines is 2. The summed E-state index contributed by atoms with van der Waals surface area (Å²) in [4.78, 5) is 7.71. The Kier molecular flexibility index (Phi) is 2.24. The molecule has 0 aromatic carbocycles. The highest BCUT2D eigenvalue weighted by atomic mass is 35.5. The van der Waals surface area contributed by atoms with Crippen LogP contribution in [0, 0.1) is 6.92 Å². The van der Waals surface area contributed by atoms with Crippen LogP contribution in [0.2, 0.25) is 5.15 Å². The third kappa shape index (κ3) is 1.73. The third-order valence-corrected chi connectivity index (χ3v) is 2.18. The molecule has 5 nitrogen and oxygen atoms in total. The normalized spacial score (nSPS) is 10.5. The molecule has 6 heteroatoms. The molecular formula is C9H9ClN4O. The first kappa shape index (κ1) is 9.79. The van der Waals surface area contributed by atoms with Crippen LogP contribution >= 0.6 is 11.6 Å². The molecule has 0 unspecified atom stereocenters. The Bertz CT molecular complexity index is 509. The van der Waals surface area contributed by atoms with E-state index in [1.54, 1.807) is 12.1 Å². The minimum absolute atomic E-state index is 0.0678. The largest absolute Gasteiger partial charge is 0.460 e. The van der Waals surface area contributed by atoms with E-state index in [0.29, 0.717) is 11.5 Å². The molecule has 4 N–H and O–H groups in total. The summed E-state index contributed by atoms with van der Waals surface area (Å²) in [6.45, 7) is 1.83. The average molecular weight is 225 g/mol. The molecule has 2 rings (SSSR count). The Hall–Kier alpha value is -1.75. The number of furan rings is 1. The van der Waals surface area contributed by atoms with Gasteiger partial charge in [-0.05, 0) is 19.1 Å². The van der Waals surface area contributed by atoms with Crippen LogP contribution in [0.1, 0.15) is 5.76 Å². The van der Waals surface area contributed by atoms with E-state index in [4.69, 9.17) is 27.5 Å². The van der Waals surface area contributed by atoms with Crippen LogP contribution in [-0.4, -0.2) is 9.97 Å². The van der Waals surface area contributed by atoms with Gasteiger partial charge in [0, 0.05) is 0 Å². The molecule has 0 aliphatic rings. The number of hydrogen-bond donors (Lipinski definition) is 2. The van der Waals surface area contributed by atoms with Gasteiger partial charge in [-0.15, -0.1) is 0 Å². The smallest absolute Gasteiger partial charge is 0.222 e. The van der Waals surface area contributed by atoms with Crippen LogP contribution in [0.25, 0.3) is 11.5 Å². The topological polar surface area (TPSA) is 91.0 Å². The first-order chi connectivity index (χ1) is 7.08. The van der Waals surface area contributed by atoms with Gasteiger partial charge in [0.05, 0.1) is 5.69 Å². The Balaban J connectivity index is 2.62. The van der Waals surface area contributed by atoms with Gasteiger partial charge >= 0.3 is 0 Å². The lowest BCUT2D eigenvalue weighted by atomic mass is 10.3. The minimum Gasteiger partial charge on any atom is -0.460 e. The van der Waals surface area contributed by atoms with Crippen molar-refractivity contribution in [1.29, 1.82) is 0 Å². The second-order valence-corrected chi connectivity index (χ2v) is 3.40. The summed E-state index contributed by atoms with van der Waals surface area (Å²) in [5.74, 6) is 1.36. The standard InChI is InChI=1S/C9H9ClN4O/c1-4-2-3-5(15-4)7-6(11)8(10)14-9(12)13-7/h2-3H,11H2,1H3,(H2,12,13,14). The number of halogens is 1. The number of aryl methyl sites for hydroxylation is 1. The second kappa shape index (κ2) is 3.43. The quantitative estimate of drug-likeness (QED) is 0.722. The SMILES string of the molecule is Cc1ccc(-c2nc(N)nc(Cl)c2N)o1. The second-order valence-electron chi connectivity index (χ2n) is 3.05. The Morgan fingerprint density at radius 3 is 2.60 bits per heavy atom. The number of nitrogens with zero attached hydrogens (tertiary/aromatic N) is 2. The van der Waals surface area contributed by atoms with Crippen molar-refractivity contribution in [2.45, 2.75) is 6.92 Å². The first-order valence-corrected chi connectivity index (χ1v) is 4.61. The number of nitrogen functional groups attached to an aromatic ring is 2. The Morgan fingerprint density at radius 2 is 2.00 bits per heavy atom. The van der Waals surface area contributed by atoms with E-state index in [9.17, 15) is 0 Å². The van der Waals surface area contributed by atoms with Crippen molar-refractivity contribution < 1.29 is 4.42 Å². The number of nitrogens with two attached hydrogens (primary N) is 2. The van der Waals surface area contributed by atoms with Gasteiger partial charge in [-0.2, -0.15) is 4.98 Å². The molecule has 0 spiro atoms. The lowest BCUT2D eigenvalue weighted by molar-refractivity contribution is 0.546. The zero-order valence-corrected chi connectivity index (χ0v) is 8.75. The van der Waals surface area contributed by atoms with E-state index >= 15 is 0 Å². The molecule has 78 valence electrons. The molecule has 0 atom stereocenters. The molecule has 0 fully saturated rings. The van der Waals surface area contributed by atoms with E-state index in [1.165, 1.54) is 0 Å². The molecular weight excluding hydrogens is 216 g/mol. The van der Waals surface area contributed by atoms with E-state index < -0.39 is 0 Å². The molecule has 0 radical (unpaired) electrons. The molecule has 0 aliphatic heterocycles. The van der Waals surface area contributed by atoms with Gasteiger partial charge in [0.25, 0.3) is 0 Å². The third-order valence-electron chi connectivity index (χ3n) is 1.89. The van der Waals surface area contributed by atoms with Crippen molar-refractivity contribution >= 4 is 23.2 Å². The highest BCUT2D eigenvalue weighted by Gasteiger charge is 2.13. The maximum Gasteiger partial charge on any atom is 0.222 e. The summed E-state index contributed by atoms with van der Waals surface area (Å²) in [5.41, 5.74) is 11.9. The Labute approximate surface area is 91.1 Å². The number of rotatable bonds is 1. The summed E-state index contributed by atoms with van der Waals surface area (Å²) in [5, 5.41) is 0.131. The summed E-state index contributed by atoms with van der Waals surface area (Å²) in [6, 6.07) is 3.56. The predicted molar refractivity (Wildman–Crippen MR) is 58.3 cm³/mol. The first-order valence-electron chi connectivity index (χ1n) is 4.23. The summed E-state index contributed by atoms with van der Waals surface area (Å²) in [7, 11) is 0. The van der Waals surface area contributed by atoms with Crippen molar-refractivity contribution in [2.75, 3.05) is 11.5 Å². The predicted octanol–water partition coefficient (Wildman–Crippen LogP) is 1.86. The summed E-state index contributed by atoms with van der Waals surface area (Å²) < 4.78 is 5.38. The van der Waals surface area contributed by atoms with E-state index in [-0.39, 0.29) is 16.8 Å². The van der Waals surface area contributed by atoms with Crippen LogP contribution in [0.5, 0.6) is 0 Å². The molecule has 0 aliphatic carbocycles. The van der Waals surface area contributed by atoms with Crippen LogP contribution in [0.4, 0.5) is 11.6 Å². The number of hydrogen-bond acceptors (Lipinski definition) is 5. The van der Waals surface area contributed by atoms with Crippen LogP contribution < -0.4 is 11.5 Å². The molecule has 2 aromatic rings. The lowest BCUT2D eigenvalue weighted by Gasteiger charge is -2.03. The summed E-state index contributed by atoms with van der Waals surface area (Å²) >= 11 is 5.78. The van der Waals surface area contributed by atoms with E-state index in [1.807, 2.05) is 6.92 Å². The molecule has 15 heavy (non-hydrogen) atoms. The highest BCUT2D eigenvalue weighted by molar-refractivity contribution is 6.32. The zero-order chi connectivity index (χ0) is 11.0. The molecule has 0 saturated heterocycles. The number of aromatic nitrogens is 2. The van der Waals surface area contributed by atoms with Gasteiger partial charge in [0.2, 0.25) is 5.95 Å². The summed E-state index contributed by atoms with van der Waals surface area (Å²) in [6.07, 6.45) is 0. The molecule has 0 saturated carbocycles. The van der Waals surface area contributed by atoms with Gasteiger partial charge < -0.3 is 15.9 Å². The van der Waals surface area contributed by atoms with Crippen LogP contribution in [-0.2, 0) is 0 Å². The minimum atomic E-state index is 0.0678. The molecule has 2 heterocycles. The maximum atomic E-state index is 5.78. The maximum absolute atomic E-state index is 5.78. The van der Waals surface area contributed by atoms with Gasteiger partial charge in [-0.3, -0.25) is 0 Å². The fourth-order valence-electron chi connectivity index (χ4n) is 1.21. The zero-order valence-electron chi connectivity index (χ0n) is 7.99. The fraction of sp³-hybridized carbons (Fsp3) is 0.111. The van der Waals surface area contributed by atoms with Gasteiger partial charge in [0.1, 0.15) is 11.5 Å².